The molecule has 0 unspecified atom stereocenters. The number of aromatic nitrogens is 1. The van der Waals surface area contributed by atoms with Gasteiger partial charge in [0.25, 0.3) is 5.91 Å². The van der Waals surface area contributed by atoms with E-state index in [9.17, 15) is 4.79 Å². The minimum Gasteiger partial charge on any atom is -0.350 e. The van der Waals surface area contributed by atoms with Crippen molar-refractivity contribution in [3.8, 4) is 0 Å². The number of hydrogen-bond acceptors (Lipinski definition) is 3. The smallest absolute Gasteiger partial charge is 0.269 e. The molecule has 4 heteroatoms. The molecule has 1 aliphatic rings. The van der Waals surface area contributed by atoms with Crippen LogP contribution in [0.1, 0.15) is 43.7 Å². The fraction of sp³-hybridized carbons (Fsp3) is 0.600. The Morgan fingerprint density at radius 2 is 1.95 bits per heavy atom. The molecule has 1 amide bonds. The molecule has 0 atom stereocenters. The number of carbonyl (C=O) groups excluding carboxylic acids is 1. The molecule has 2 rings (SSSR count). The number of pyridine rings is 1. The first kappa shape index (κ1) is 14.0. The Bertz CT molecular complexity index is 463. The summed E-state index contributed by atoms with van der Waals surface area (Å²) in [6.45, 7) is 10.1. The van der Waals surface area contributed by atoms with Crippen molar-refractivity contribution in [3.05, 3.63) is 29.6 Å². The normalized spacial score (nSPS) is 20.1. The molecule has 1 fully saturated rings. The summed E-state index contributed by atoms with van der Waals surface area (Å²) in [4.78, 5) is 16.1. The van der Waals surface area contributed by atoms with Gasteiger partial charge in [0.2, 0.25) is 0 Å². The van der Waals surface area contributed by atoms with E-state index < -0.39 is 0 Å². The number of nitrogens with one attached hydrogen (secondary N) is 1. The topological polar surface area (TPSA) is 68.0 Å². The van der Waals surface area contributed by atoms with Crippen molar-refractivity contribution in [3.63, 3.8) is 0 Å². The molecule has 19 heavy (non-hydrogen) atoms. The second-order valence-electron chi connectivity index (χ2n) is 6.46. The lowest BCUT2D eigenvalue weighted by Gasteiger charge is -2.06. The summed E-state index contributed by atoms with van der Waals surface area (Å²) in [6, 6.07) is 3.56. The third-order valence-electron chi connectivity index (χ3n) is 5.08. The van der Waals surface area contributed by atoms with Crippen LogP contribution in [0.2, 0.25) is 0 Å². The maximum Gasteiger partial charge on any atom is 0.269 e. The molecule has 104 valence electrons. The molecule has 1 heterocycles. The average Bonchev–Trinajstić information content (AvgIpc) is 2.77. The number of hydrogen-bond donors (Lipinski definition) is 2. The van der Waals surface area contributed by atoms with Gasteiger partial charge in [0, 0.05) is 19.3 Å². The van der Waals surface area contributed by atoms with E-state index in [2.05, 4.69) is 38.0 Å². The Morgan fingerprint density at radius 1 is 1.32 bits per heavy atom. The van der Waals surface area contributed by atoms with Crippen LogP contribution in [0.15, 0.2) is 18.3 Å². The molecule has 1 aromatic heterocycles. The van der Waals surface area contributed by atoms with Gasteiger partial charge in [0.1, 0.15) is 5.69 Å². The van der Waals surface area contributed by atoms with Gasteiger partial charge in [-0.15, -0.1) is 0 Å². The Balaban J connectivity index is 1.92. The SMILES string of the molecule is CC1(C)C(CNC(=O)c2ccc(CN)cn2)C1(C)C. The molecule has 4 nitrogen and oxygen atoms in total. The van der Waals surface area contributed by atoms with Crippen molar-refractivity contribution < 1.29 is 4.79 Å². The van der Waals surface area contributed by atoms with Gasteiger partial charge in [-0.05, 0) is 28.4 Å². The van der Waals surface area contributed by atoms with Gasteiger partial charge in [-0.2, -0.15) is 0 Å². The van der Waals surface area contributed by atoms with Crippen LogP contribution in [0.4, 0.5) is 0 Å². The van der Waals surface area contributed by atoms with Crippen LogP contribution >= 0.6 is 0 Å². The maximum absolute atomic E-state index is 12.0. The number of amides is 1. The van der Waals surface area contributed by atoms with Crippen molar-refractivity contribution in [1.82, 2.24) is 10.3 Å². The fourth-order valence-corrected chi connectivity index (χ4v) is 2.81. The van der Waals surface area contributed by atoms with E-state index in [1.165, 1.54) is 0 Å². The number of nitrogens with two attached hydrogens (primary N) is 1. The Kier molecular flexibility index (Phi) is 3.39. The lowest BCUT2D eigenvalue weighted by atomic mass is 10.0. The first-order valence-corrected chi connectivity index (χ1v) is 6.74. The van der Waals surface area contributed by atoms with Crippen molar-refractivity contribution in [1.29, 1.82) is 0 Å². The highest BCUT2D eigenvalue weighted by atomic mass is 16.1. The Morgan fingerprint density at radius 3 is 2.37 bits per heavy atom. The second-order valence-corrected chi connectivity index (χ2v) is 6.46. The largest absolute Gasteiger partial charge is 0.350 e. The molecule has 3 N–H and O–H groups in total. The van der Waals surface area contributed by atoms with E-state index in [-0.39, 0.29) is 16.7 Å². The Labute approximate surface area is 114 Å². The monoisotopic (exact) mass is 261 g/mol. The van der Waals surface area contributed by atoms with Crippen LogP contribution in [0.5, 0.6) is 0 Å². The van der Waals surface area contributed by atoms with E-state index in [1.807, 2.05) is 6.07 Å². The summed E-state index contributed by atoms with van der Waals surface area (Å²) in [5, 5.41) is 2.98. The molecular formula is C15H23N3O. The van der Waals surface area contributed by atoms with Crippen LogP contribution in [-0.2, 0) is 6.54 Å². The third-order valence-corrected chi connectivity index (χ3v) is 5.08. The highest BCUT2D eigenvalue weighted by Crippen LogP contribution is 2.67. The zero-order valence-electron chi connectivity index (χ0n) is 12.2. The van der Waals surface area contributed by atoms with Gasteiger partial charge in [-0.25, -0.2) is 0 Å². The lowest BCUT2D eigenvalue weighted by molar-refractivity contribution is 0.0945. The van der Waals surface area contributed by atoms with Crippen molar-refractivity contribution in [2.24, 2.45) is 22.5 Å². The van der Waals surface area contributed by atoms with E-state index in [0.717, 1.165) is 5.56 Å². The highest BCUT2D eigenvalue weighted by molar-refractivity contribution is 5.92. The van der Waals surface area contributed by atoms with Gasteiger partial charge in [-0.3, -0.25) is 9.78 Å². The number of rotatable bonds is 4. The second kappa shape index (κ2) is 4.60. The predicted molar refractivity (Wildman–Crippen MR) is 75.5 cm³/mol. The van der Waals surface area contributed by atoms with E-state index in [1.54, 1.807) is 12.3 Å². The summed E-state index contributed by atoms with van der Waals surface area (Å²) in [5.41, 5.74) is 7.46. The molecule has 0 saturated heterocycles. The average molecular weight is 261 g/mol. The summed E-state index contributed by atoms with van der Waals surface area (Å²) in [7, 11) is 0. The van der Waals surface area contributed by atoms with E-state index in [0.29, 0.717) is 24.7 Å². The van der Waals surface area contributed by atoms with Gasteiger partial charge in [0.05, 0.1) is 0 Å². The molecule has 0 spiro atoms. The molecule has 1 aromatic rings. The summed E-state index contributed by atoms with van der Waals surface area (Å²) < 4.78 is 0. The summed E-state index contributed by atoms with van der Waals surface area (Å²) >= 11 is 0. The van der Waals surface area contributed by atoms with Gasteiger partial charge in [-0.1, -0.05) is 33.8 Å². The summed E-state index contributed by atoms with van der Waals surface area (Å²) in [5.74, 6) is 0.411. The molecule has 0 bridgehead atoms. The summed E-state index contributed by atoms with van der Waals surface area (Å²) in [6.07, 6.45) is 1.65. The van der Waals surface area contributed by atoms with Crippen LogP contribution in [-0.4, -0.2) is 17.4 Å². The molecule has 0 radical (unpaired) electrons. The first-order chi connectivity index (χ1) is 8.80. The maximum atomic E-state index is 12.0. The minimum atomic E-state index is -0.109. The standard InChI is InChI=1S/C15H23N3O/c1-14(2)12(15(14,3)4)9-18-13(19)11-6-5-10(7-16)8-17-11/h5-6,8,12H,7,9,16H2,1-4H3,(H,18,19). The molecule has 0 aliphatic heterocycles. The molecular weight excluding hydrogens is 238 g/mol. The zero-order chi connectivity index (χ0) is 14.3. The van der Waals surface area contributed by atoms with Crippen LogP contribution in [0.3, 0.4) is 0 Å². The van der Waals surface area contributed by atoms with Gasteiger partial charge < -0.3 is 11.1 Å². The third kappa shape index (κ3) is 2.37. The Hall–Kier alpha value is -1.42. The fourth-order valence-electron chi connectivity index (χ4n) is 2.81. The van der Waals surface area contributed by atoms with Gasteiger partial charge in [0.15, 0.2) is 0 Å². The van der Waals surface area contributed by atoms with Crippen LogP contribution < -0.4 is 11.1 Å². The predicted octanol–water partition coefficient (Wildman–Crippen LogP) is 1.95. The van der Waals surface area contributed by atoms with Crippen LogP contribution in [0, 0.1) is 16.7 Å². The zero-order valence-corrected chi connectivity index (χ0v) is 12.2. The van der Waals surface area contributed by atoms with Crippen molar-refractivity contribution in [2.45, 2.75) is 34.2 Å². The quantitative estimate of drug-likeness (QED) is 0.870. The van der Waals surface area contributed by atoms with Crippen LogP contribution in [0.25, 0.3) is 0 Å². The minimum absolute atomic E-state index is 0.109. The number of carbonyl (C=O) groups is 1. The van der Waals surface area contributed by atoms with Crippen molar-refractivity contribution in [2.75, 3.05) is 6.54 Å². The lowest BCUT2D eigenvalue weighted by Crippen LogP contribution is -2.27. The number of nitrogens with zero attached hydrogens (tertiary/aromatic N) is 1. The highest BCUT2D eigenvalue weighted by Gasteiger charge is 2.64. The molecule has 1 saturated carbocycles. The van der Waals surface area contributed by atoms with Crippen molar-refractivity contribution >= 4 is 5.91 Å². The molecule has 1 aliphatic carbocycles. The van der Waals surface area contributed by atoms with E-state index >= 15 is 0 Å². The van der Waals surface area contributed by atoms with Gasteiger partial charge >= 0.3 is 0 Å². The van der Waals surface area contributed by atoms with E-state index in [4.69, 9.17) is 5.73 Å². The molecule has 0 aromatic carbocycles. The first-order valence-electron chi connectivity index (χ1n) is 6.74.